The van der Waals surface area contributed by atoms with Crippen LogP contribution in [0.15, 0.2) is 54.7 Å². The summed E-state index contributed by atoms with van der Waals surface area (Å²) in [4.78, 5) is 12.0. The number of rotatable bonds is 4. The van der Waals surface area contributed by atoms with E-state index >= 15 is 0 Å². The summed E-state index contributed by atoms with van der Waals surface area (Å²) in [6.45, 7) is 5.76. The zero-order valence-corrected chi connectivity index (χ0v) is 15.5. The summed E-state index contributed by atoms with van der Waals surface area (Å²) in [5.74, 6) is -0.274. The van der Waals surface area contributed by atoms with Gasteiger partial charge in [0.1, 0.15) is 11.4 Å². The molecule has 0 fully saturated rings. The van der Waals surface area contributed by atoms with Crippen LogP contribution in [0.3, 0.4) is 0 Å². The van der Waals surface area contributed by atoms with Crippen molar-refractivity contribution in [2.75, 3.05) is 0 Å². The molecule has 0 bridgehead atoms. The minimum Gasteiger partial charge on any atom is -0.444 e. The van der Waals surface area contributed by atoms with Gasteiger partial charge in [0.25, 0.3) is 0 Å². The molecule has 0 saturated carbocycles. The van der Waals surface area contributed by atoms with Crippen molar-refractivity contribution >= 4 is 6.09 Å². The van der Waals surface area contributed by atoms with E-state index < -0.39 is 11.7 Å². The van der Waals surface area contributed by atoms with E-state index in [4.69, 9.17) is 4.74 Å². The van der Waals surface area contributed by atoms with Crippen molar-refractivity contribution in [3.05, 3.63) is 66.1 Å². The van der Waals surface area contributed by atoms with Crippen molar-refractivity contribution in [2.45, 2.75) is 32.9 Å². The number of benzene rings is 2. The van der Waals surface area contributed by atoms with Gasteiger partial charge in [-0.25, -0.2) is 9.18 Å². The van der Waals surface area contributed by atoms with E-state index in [2.05, 4.69) is 15.5 Å². The Bertz CT molecular complexity index is 914. The molecule has 0 saturated heterocycles. The molecule has 0 aliphatic rings. The number of ether oxygens (including phenoxy) is 1. The van der Waals surface area contributed by atoms with Crippen LogP contribution in [-0.4, -0.2) is 21.9 Å². The third-order valence-corrected chi connectivity index (χ3v) is 3.89. The molecule has 3 rings (SSSR count). The number of aromatic amines is 1. The van der Waals surface area contributed by atoms with Crippen molar-refractivity contribution in [3.8, 4) is 22.4 Å². The summed E-state index contributed by atoms with van der Waals surface area (Å²) in [6.07, 6.45) is 1.27. The number of nitrogens with one attached hydrogen (secondary N) is 2. The summed E-state index contributed by atoms with van der Waals surface area (Å²) in [5, 5.41) is 9.84. The van der Waals surface area contributed by atoms with Crippen molar-refractivity contribution in [1.82, 2.24) is 15.5 Å². The van der Waals surface area contributed by atoms with E-state index in [1.54, 1.807) is 18.3 Å². The van der Waals surface area contributed by atoms with E-state index in [0.29, 0.717) is 6.54 Å². The molecule has 0 aliphatic heterocycles. The number of hydrogen-bond donors (Lipinski definition) is 2. The highest BCUT2D eigenvalue weighted by Crippen LogP contribution is 2.29. The van der Waals surface area contributed by atoms with Crippen molar-refractivity contribution in [1.29, 1.82) is 0 Å². The first-order valence-electron chi connectivity index (χ1n) is 8.68. The van der Waals surface area contributed by atoms with Gasteiger partial charge in [-0.2, -0.15) is 5.10 Å². The predicted octanol–water partition coefficient (Wildman–Crippen LogP) is 4.91. The van der Waals surface area contributed by atoms with Crippen LogP contribution in [-0.2, 0) is 11.3 Å². The van der Waals surface area contributed by atoms with E-state index in [1.165, 1.54) is 12.1 Å². The van der Waals surface area contributed by atoms with Crippen LogP contribution < -0.4 is 5.32 Å². The standard InChI is InChI=1S/C21H22FN3O2/c1-21(2,3)27-20(26)23-13-16-5-4-15(14-6-8-17(22)9-7-14)12-18(16)19-10-11-24-25-19/h4-12H,13H2,1-3H3,(H,23,26)(H,24,25). The molecule has 140 valence electrons. The normalized spacial score (nSPS) is 11.3. The first-order chi connectivity index (χ1) is 12.8. The van der Waals surface area contributed by atoms with Gasteiger partial charge in [0.2, 0.25) is 0 Å². The number of carbonyl (C=O) groups is 1. The van der Waals surface area contributed by atoms with E-state index in [9.17, 15) is 9.18 Å². The third-order valence-electron chi connectivity index (χ3n) is 3.89. The van der Waals surface area contributed by atoms with Gasteiger partial charge in [0.05, 0.1) is 5.69 Å². The smallest absolute Gasteiger partial charge is 0.407 e. The largest absolute Gasteiger partial charge is 0.444 e. The molecule has 0 atom stereocenters. The SMILES string of the molecule is CC(C)(C)OC(=O)NCc1ccc(-c2ccc(F)cc2)cc1-c1cc[nH]n1. The molecule has 5 nitrogen and oxygen atoms in total. The first kappa shape index (κ1) is 18.6. The highest BCUT2D eigenvalue weighted by Gasteiger charge is 2.17. The number of amides is 1. The highest BCUT2D eigenvalue weighted by molar-refractivity contribution is 5.74. The second-order valence-electron chi connectivity index (χ2n) is 7.19. The lowest BCUT2D eigenvalue weighted by Crippen LogP contribution is -2.32. The van der Waals surface area contributed by atoms with E-state index in [0.717, 1.165) is 27.9 Å². The Morgan fingerprint density at radius 3 is 2.44 bits per heavy atom. The molecular weight excluding hydrogens is 345 g/mol. The van der Waals surface area contributed by atoms with Crippen LogP contribution in [0.2, 0.25) is 0 Å². The van der Waals surface area contributed by atoms with Gasteiger partial charge in [-0.1, -0.05) is 24.3 Å². The lowest BCUT2D eigenvalue weighted by Gasteiger charge is -2.20. The Morgan fingerprint density at radius 1 is 1.11 bits per heavy atom. The van der Waals surface area contributed by atoms with Gasteiger partial charge in [0.15, 0.2) is 0 Å². The number of hydrogen-bond acceptors (Lipinski definition) is 3. The fourth-order valence-corrected chi connectivity index (χ4v) is 2.68. The number of H-pyrrole nitrogens is 1. The minimum absolute atomic E-state index is 0.274. The van der Waals surface area contributed by atoms with Gasteiger partial charge in [0, 0.05) is 18.3 Å². The Balaban J connectivity index is 1.87. The van der Waals surface area contributed by atoms with Crippen LogP contribution in [0.25, 0.3) is 22.4 Å². The van der Waals surface area contributed by atoms with Crippen molar-refractivity contribution in [2.24, 2.45) is 0 Å². The molecule has 1 amide bonds. The molecule has 1 heterocycles. The van der Waals surface area contributed by atoms with Crippen LogP contribution >= 0.6 is 0 Å². The number of nitrogens with zero attached hydrogens (tertiary/aromatic N) is 1. The zero-order valence-electron chi connectivity index (χ0n) is 15.5. The molecule has 0 aliphatic carbocycles. The van der Waals surface area contributed by atoms with Gasteiger partial charge in [-0.3, -0.25) is 5.10 Å². The fraction of sp³-hybridized carbons (Fsp3) is 0.238. The molecule has 1 aromatic heterocycles. The molecule has 0 unspecified atom stereocenters. The summed E-state index contributed by atoms with van der Waals surface area (Å²) in [7, 11) is 0. The fourth-order valence-electron chi connectivity index (χ4n) is 2.68. The average molecular weight is 367 g/mol. The predicted molar refractivity (Wildman–Crippen MR) is 102 cm³/mol. The minimum atomic E-state index is -0.554. The summed E-state index contributed by atoms with van der Waals surface area (Å²) >= 11 is 0. The first-order valence-corrected chi connectivity index (χ1v) is 8.68. The van der Waals surface area contributed by atoms with Gasteiger partial charge in [-0.05, 0) is 61.7 Å². The van der Waals surface area contributed by atoms with E-state index in [1.807, 2.05) is 45.0 Å². The summed E-state index contributed by atoms with van der Waals surface area (Å²) in [6, 6.07) is 14.0. The van der Waals surface area contributed by atoms with Crippen molar-refractivity contribution in [3.63, 3.8) is 0 Å². The quantitative estimate of drug-likeness (QED) is 0.689. The number of carbonyl (C=O) groups excluding carboxylic acids is 1. The summed E-state index contributed by atoms with van der Waals surface area (Å²) < 4.78 is 18.5. The molecular formula is C21H22FN3O2. The van der Waals surface area contributed by atoms with Gasteiger partial charge in [-0.15, -0.1) is 0 Å². The molecule has 0 radical (unpaired) electrons. The third kappa shape index (κ3) is 4.94. The lowest BCUT2D eigenvalue weighted by atomic mass is 9.97. The maximum atomic E-state index is 13.2. The number of alkyl carbamates (subject to hydrolysis) is 1. The molecule has 2 aromatic carbocycles. The van der Waals surface area contributed by atoms with Crippen molar-refractivity contribution < 1.29 is 13.9 Å². The molecule has 0 spiro atoms. The van der Waals surface area contributed by atoms with Crippen LogP contribution in [0.5, 0.6) is 0 Å². The maximum absolute atomic E-state index is 13.2. The monoisotopic (exact) mass is 367 g/mol. The van der Waals surface area contributed by atoms with Gasteiger partial charge < -0.3 is 10.1 Å². The molecule has 3 aromatic rings. The Kier molecular flexibility index (Phi) is 5.26. The summed E-state index contributed by atoms with van der Waals surface area (Å²) in [5.41, 5.74) is 3.84. The van der Waals surface area contributed by atoms with Crippen LogP contribution in [0.4, 0.5) is 9.18 Å². The Hall–Kier alpha value is -3.15. The highest BCUT2D eigenvalue weighted by atomic mass is 19.1. The zero-order chi connectivity index (χ0) is 19.4. The number of halogens is 1. The molecule has 27 heavy (non-hydrogen) atoms. The number of aromatic nitrogens is 2. The Labute approximate surface area is 157 Å². The molecule has 6 heteroatoms. The second kappa shape index (κ2) is 7.61. The maximum Gasteiger partial charge on any atom is 0.407 e. The van der Waals surface area contributed by atoms with Crippen LogP contribution in [0, 0.1) is 5.82 Å². The van der Waals surface area contributed by atoms with Crippen LogP contribution in [0.1, 0.15) is 26.3 Å². The average Bonchev–Trinajstić information content (AvgIpc) is 3.13. The topological polar surface area (TPSA) is 67.0 Å². The van der Waals surface area contributed by atoms with Gasteiger partial charge >= 0.3 is 6.09 Å². The van der Waals surface area contributed by atoms with E-state index in [-0.39, 0.29) is 5.82 Å². The molecule has 2 N–H and O–H groups in total. The Morgan fingerprint density at radius 2 is 1.81 bits per heavy atom. The second-order valence-corrected chi connectivity index (χ2v) is 7.19. The lowest BCUT2D eigenvalue weighted by molar-refractivity contribution is 0.0523.